The molecule has 3 N–H and O–H groups in total. The number of carbonyl (C=O) groups is 1. The van der Waals surface area contributed by atoms with Crippen LogP contribution < -0.4 is 11.1 Å². The maximum Gasteiger partial charge on any atom is 0.324 e. The molecule has 0 aliphatic carbocycles. The van der Waals surface area contributed by atoms with Crippen molar-refractivity contribution in [3.63, 3.8) is 0 Å². The van der Waals surface area contributed by atoms with Gasteiger partial charge in [0.2, 0.25) is 0 Å². The first kappa shape index (κ1) is 19.9. The summed E-state index contributed by atoms with van der Waals surface area (Å²) in [5.74, 6) is 0.681. The number of ether oxygens (including phenoxy) is 1. The van der Waals surface area contributed by atoms with Crippen LogP contribution in [0.3, 0.4) is 0 Å². The first-order chi connectivity index (χ1) is 14.0. The predicted molar refractivity (Wildman–Crippen MR) is 118 cm³/mol. The molecule has 0 spiro atoms. The van der Waals surface area contributed by atoms with Crippen molar-refractivity contribution in [3.8, 4) is 0 Å². The molecular formula is C21H27N5O2S. The zero-order valence-electron chi connectivity index (χ0n) is 16.9. The van der Waals surface area contributed by atoms with Gasteiger partial charge in [0.05, 0.1) is 23.5 Å². The number of para-hydroxylation sites is 2. The second kappa shape index (κ2) is 8.52. The molecule has 7 nitrogen and oxygen atoms in total. The number of carbonyl (C=O) groups excluding carboxylic acids is 1. The minimum absolute atomic E-state index is 0.329. The fraction of sp³-hybridized carbons (Fsp3) is 0.429. The van der Waals surface area contributed by atoms with Crippen LogP contribution in [0.2, 0.25) is 0 Å². The fourth-order valence-corrected chi connectivity index (χ4v) is 4.65. The van der Waals surface area contributed by atoms with E-state index in [-0.39, 0.29) is 5.97 Å². The molecule has 8 heteroatoms. The van der Waals surface area contributed by atoms with E-state index in [0.29, 0.717) is 13.2 Å². The number of aliphatic imine (C=N–C) groups is 1. The zero-order chi connectivity index (χ0) is 20.4. The first-order valence-electron chi connectivity index (χ1n) is 10.00. The summed E-state index contributed by atoms with van der Waals surface area (Å²) < 4.78 is 5.02. The Hall–Kier alpha value is -2.42. The van der Waals surface area contributed by atoms with E-state index in [1.807, 2.05) is 18.2 Å². The highest BCUT2D eigenvalue weighted by atomic mass is 32.1. The molecule has 1 atom stereocenters. The number of benzene rings is 1. The maximum absolute atomic E-state index is 11.8. The second-order valence-electron chi connectivity index (χ2n) is 7.32. The van der Waals surface area contributed by atoms with E-state index >= 15 is 0 Å². The van der Waals surface area contributed by atoms with Crippen molar-refractivity contribution >= 4 is 39.5 Å². The van der Waals surface area contributed by atoms with Crippen LogP contribution >= 0.6 is 11.3 Å². The van der Waals surface area contributed by atoms with Crippen LogP contribution in [0.15, 0.2) is 35.3 Å². The number of nitrogens with one attached hydrogen (secondary N) is 1. The van der Waals surface area contributed by atoms with Gasteiger partial charge in [0.25, 0.3) is 0 Å². The van der Waals surface area contributed by atoms with Crippen molar-refractivity contribution in [1.82, 2.24) is 9.80 Å². The van der Waals surface area contributed by atoms with Crippen LogP contribution in [-0.2, 0) is 9.53 Å². The number of amidine groups is 1. The van der Waals surface area contributed by atoms with Crippen molar-refractivity contribution in [2.24, 2.45) is 10.7 Å². The van der Waals surface area contributed by atoms with Crippen LogP contribution in [0.5, 0.6) is 0 Å². The molecule has 154 valence electrons. The highest BCUT2D eigenvalue weighted by molar-refractivity contribution is 7.16. The fourth-order valence-electron chi connectivity index (χ4n) is 3.73. The summed E-state index contributed by atoms with van der Waals surface area (Å²) in [6.45, 7) is 8.14. The molecule has 1 saturated heterocycles. The summed E-state index contributed by atoms with van der Waals surface area (Å²) in [7, 11) is 0. The molecule has 4 rings (SSSR count). The third-order valence-corrected chi connectivity index (χ3v) is 6.16. The zero-order valence-corrected chi connectivity index (χ0v) is 17.7. The van der Waals surface area contributed by atoms with Crippen LogP contribution in [0.25, 0.3) is 0 Å². The number of nitrogens with zero attached hydrogens (tertiary/aromatic N) is 3. The lowest BCUT2D eigenvalue weighted by Gasteiger charge is -2.37. The van der Waals surface area contributed by atoms with Gasteiger partial charge in [-0.3, -0.25) is 9.69 Å². The van der Waals surface area contributed by atoms with Gasteiger partial charge in [-0.05, 0) is 32.0 Å². The molecular weight excluding hydrogens is 386 g/mol. The summed E-state index contributed by atoms with van der Waals surface area (Å²) in [5.41, 5.74) is 9.13. The van der Waals surface area contributed by atoms with Gasteiger partial charge in [-0.25, -0.2) is 4.99 Å². The Balaban J connectivity index is 1.50. The van der Waals surface area contributed by atoms with Gasteiger partial charge < -0.3 is 20.7 Å². The van der Waals surface area contributed by atoms with Gasteiger partial charge in [-0.15, -0.1) is 11.3 Å². The number of anilines is 2. The van der Waals surface area contributed by atoms with Gasteiger partial charge in [0, 0.05) is 37.6 Å². The molecule has 0 bridgehead atoms. The smallest absolute Gasteiger partial charge is 0.324 e. The summed E-state index contributed by atoms with van der Waals surface area (Å²) in [5, 5.41) is 4.69. The topological polar surface area (TPSA) is 83.2 Å². The average Bonchev–Trinajstić information content (AvgIpc) is 3.00. The van der Waals surface area contributed by atoms with Gasteiger partial charge in [-0.1, -0.05) is 12.1 Å². The molecule has 2 aliphatic rings. The number of hydrogen-bond donors (Lipinski definition) is 2. The van der Waals surface area contributed by atoms with Gasteiger partial charge >= 0.3 is 5.97 Å². The predicted octanol–water partition coefficient (Wildman–Crippen LogP) is 2.70. The Kier molecular flexibility index (Phi) is 5.84. The van der Waals surface area contributed by atoms with E-state index in [4.69, 9.17) is 15.5 Å². The van der Waals surface area contributed by atoms with Crippen LogP contribution in [0, 0.1) is 6.92 Å². The van der Waals surface area contributed by atoms with E-state index in [2.05, 4.69) is 34.2 Å². The van der Waals surface area contributed by atoms with Crippen molar-refractivity contribution in [1.29, 1.82) is 0 Å². The molecule has 2 aromatic rings. The van der Waals surface area contributed by atoms with Gasteiger partial charge in [0.1, 0.15) is 16.9 Å². The quantitative estimate of drug-likeness (QED) is 0.750. The number of esters is 1. The lowest BCUT2D eigenvalue weighted by Crippen LogP contribution is -2.53. The molecule has 1 aromatic carbocycles. The molecule has 0 saturated carbocycles. The highest BCUT2D eigenvalue weighted by Gasteiger charge is 2.27. The van der Waals surface area contributed by atoms with Crippen molar-refractivity contribution < 1.29 is 9.53 Å². The molecule has 3 heterocycles. The Bertz CT molecular complexity index is 918. The highest BCUT2D eigenvalue weighted by Crippen LogP contribution is 2.39. The monoisotopic (exact) mass is 413 g/mol. The summed E-state index contributed by atoms with van der Waals surface area (Å²) in [4.78, 5) is 22.7. The number of piperazine rings is 1. The normalized spacial score (nSPS) is 17.5. The number of hydrogen-bond acceptors (Lipinski definition) is 8. The number of aryl methyl sites for hydroxylation is 1. The van der Waals surface area contributed by atoms with E-state index < -0.39 is 6.04 Å². The summed E-state index contributed by atoms with van der Waals surface area (Å²) >= 11 is 1.75. The van der Waals surface area contributed by atoms with E-state index in [9.17, 15) is 4.79 Å². The Morgan fingerprint density at radius 2 is 2.07 bits per heavy atom. The van der Waals surface area contributed by atoms with Crippen molar-refractivity contribution in [2.75, 3.05) is 44.6 Å². The molecule has 1 unspecified atom stereocenters. The van der Waals surface area contributed by atoms with Crippen LogP contribution in [-0.4, -0.2) is 67.0 Å². The van der Waals surface area contributed by atoms with Crippen molar-refractivity contribution in [2.45, 2.75) is 19.9 Å². The first-order valence-corrected chi connectivity index (χ1v) is 10.8. The Morgan fingerprint density at radius 1 is 1.31 bits per heavy atom. The van der Waals surface area contributed by atoms with Gasteiger partial charge in [-0.2, -0.15) is 0 Å². The van der Waals surface area contributed by atoms with Crippen molar-refractivity contribution in [3.05, 3.63) is 40.8 Å². The molecule has 2 aliphatic heterocycles. The molecule has 29 heavy (non-hydrogen) atoms. The van der Waals surface area contributed by atoms with Crippen LogP contribution in [0.4, 0.5) is 16.4 Å². The number of nitrogens with two attached hydrogens (primary N) is 1. The van der Waals surface area contributed by atoms with E-state index in [1.165, 1.54) is 4.88 Å². The Labute approximate surface area is 175 Å². The van der Waals surface area contributed by atoms with Crippen LogP contribution in [0.1, 0.15) is 17.4 Å². The number of rotatable bonds is 4. The second-order valence-corrected chi connectivity index (χ2v) is 8.58. The summed E-state index contributed by atoms with van der Waals surface area (Å²) in [6.07, 6.45) is 0. The average molecular weight is 414 g/mol. The van der Waals surface area contributed by atoms with Gasteiger partial charge in [0.15, 0.2) is 0 Å². The third kappa shape index (κ3) is 4.29. The number of fused-ring (bicyclic) bond motifs is 2. The molecule has 0 amide bonds. The molecule has 1 fully saturated rings. The number of thiophene rings is 1. The lowest BCUT2D eigenvalue weighted by atomic mass is 10.2. The summed E-state index contributed by atoms with van der Waals surface area (Å²) in [6, 6.07) is 9.76. The third-order valence-electron chi connectivity index (χ3n) is 5.19. The maximum atomic E-state index is 11.8. The molecule has 1 aromatic heterocycles. The van der Waals surface area contributed by atoms with E-state index in [1.54, 1.807) is 18.3 Å². The SMILES string of the molecule is CCOC(=O)C(N)CN1CCN(C2=Nc3ccccc3Nc3sc(C)cc32)CC1. The Morgan fingerprint density at radius 3 is 2.83 bits per heavy atom. The largest absolute Gasteiger partial charge is 0.465 e. The standard InChI is InChI=1S/C21H27N5O2S/c1-3-28-21(27)16(22)13-25-8-10-26(11-9-25)19-15-12-14(2)29-20(15)24-18-7-5-4-6-17(18)23-19/h4-7,12,16,24H,3,8-11,13,22H2,1-2H3. The van der Waals surface area contributed by atoms with E-state index in [0.717, 1.165) is 54.0 Å². The minimum atomic E-state index is -0.598. The lowest BCUT2D eigenvalue weighted by molar-refractivity contribution is -0.145. The molecule has 0 radical (unpaired) electrons. The minimum Gasteiger partial charge on any atom is -0.465 e.